The van der Waals surface area contributed by atoms with E-state index in [-0.39, 0.29) is 16.7 Å². The van der Waals surface area contributed by atoms with Crippen LogP contribution in [0.5, 0.6) is 0 Å². The van der Waals surface area contributed by atoms with Gasteiger partial charge in [-0.25, -0.2) is 19.2 Å². The Morgan fingerprint density at radius 2 is 1.41 bits per heavy atom. The Kier molecular flexibility index (Phi) is 10.7. The highest BCUT2D eigenvalue weighted by atomic mass is 19.4. The zero-order valence-corrected chi connectivity index (χ0v) is 23.8. The molecule has 2 aliphatic heterocycles. The molecule has 0 saturated carbocycles. The Morgan fingerprint density at radius 3 is 1.91 bits per heavy atom. The highest BCUT2D eigenvalue weighted by Gasteiger charge is 2.40. The lowest BCUT2D eigenvalue weighted by molar-refractivity contribution is -0.138. The van der Waals surface area contributed by atoms with E-state index in [9.17, 15) is 42.6 Å². The fourth-order valence-corrected chi connectivity index (χ4v) is 5.26. The molecule has 0 aliphatic carbocycles. The average Bonchev–Trinajstić information content (AvgIpc) is 2.96. The molecule has 0 radical (unpaired) electrons. The molecule has 13 heteroatoms. The number of nitrogens with zero attached hydrogens (tertiary/aromatic N) is 2. The predicted molar refractivity (Wildman–Crippen MR) is 151 cm³/mol. The van der Waals surface area contributed by atoms with Crippen LogP contribution < -0.4 is 0 Å². The molecule has 0 bridgehead atoms. The maximum absolute atomic E-state index is 13.1. The number of allylic oxidation sites excluding steroid dienone is 1. The van der Waals surface area contributed by atoms with Crippen LogP contribution in [-0.2, 0) is 38.3 Å². The molecule has 2 aromatic carbocycles. The monoisotopic (exact) mass is 616 g/mol. The third-order valence-electron chi connectivity index (χ3n) is 7.46. The van der Waals surface area contributed by atoms with Gasteiger partial charge in [0.15, 0.2) is 0 Å². The second kappa shape index (κ2) is 14.0. The van der Waals surface area contributed by atoms with Gasteiger partial charge in [-0.05, 0) is 42.2 Å². The van der Waals surface area contributed by atoms with Crippen LogP contribution >= 0.6 is 0 Å². The highest BCUT2D eigenvalue weighted by molar-refractivity contribution is 5.98. The number of hydrogen-bond donors (Lipinski definition) is 4. The maximum Gasteiger partial charge on any atom is 0.416 e. The summed E-state index contributed by atoms with van der Waals surface area (Å²) in [6.45, 7) is 3.69. The number of benzene rings is 2. The van der Waals surface area contributed by atoms with E-state index < -0.39 is 41.5 Å². The van der Waals surface area contributed by atoms with Crippen molar-refractivity contribution in [1.82, 2.24) is 9.80 Å². The standard InChI is InChI=1S/C27H27F3N2O4.C4H4O4/c1-16-22(25(33)34)23(18-7-9-20(10-8-18)27(28,29)30)24(26(35)36)21(31(16)2)12-14-32-13-11-17-5-3-4-6-19(17)15-32;5-3(6)1-2-4(7)8/h3-10,23H,11-15H2,1-2H3,(H,33,34)(H,35,36);1-2H,(H,5,6)(H,7,8). The molecule has 0 aromatic heterocycles. The van der Waals surface area contributed by atoms with E-state index >= 15 is 0 Å². The number of aliphatic carboxylic acids is 4. The molecule has 1 unspecified atom stereocenters. The molecule has 10 nitrogen and oxygen atoms in total. The number of carbonyl (C=O) groups is 4. The number of halogens is 3. The fourth-order valence-electron chi connectivity index (χ4n) is 5.26. The largest absolute Gasteiger partial charge is 0.478 e. The van der Waals surface area contributed by atoms with Gasteiger partial charge >= 0.3 is 30.1 Å². The predicted octanol–water partition coefficient (Wildman–Crippen LogP) is 4.59. The van der Waals surface area contributed by atoms with Crippen molar-refractivity contribution in [2.75, 3.05) is 20.1 Å². The Bertz CT molecular complexity index is 1510. The molecule has 2 heterocycles. The quantitative estimate of drug-likeness (QED) is 0.310. The zero-order chi connectivity index (χ0) is 32.8. The van der Waals surface area contributed by atoms with Crippen LogP contribution in [0.25, 0.3) is 0 Å². The van der Waals surface area contributed by atoms with Gasteiger partial charge in [-0.15, -0.1) is 0 Å². The molecule has 44 heavy (non-hydrogen) atoms. The summed E-state index contributed by atoms with van der Waals surface area (Å²) < 4.78 is 39.3. The summed E-state index contributed by atoms with van der Waals surface area (Å²) in [5, 5.41) is 35.8. The number of hydrogen-bond acceptors (Lipinski definition) is 6. The van der Waals surface area contributed by atoms with E-state index in [1.165, 1.54) is 11.1 Å². The molecule has 0 spiro atoms. The lowest BCUT2D eigenvalue weighted by Crippen LogP contribution is -2.36. The second-order valence-corrected chi connectivity index (χ2v) is 10.1. The van der Waals surface area contributed by atoms with Crippen LogP contribution in [0.1, 0.15) is 41.5 Å². The van der Waals surface area contributed by atoms with Crippen molar-refractivity contribution >= 4 is 23.9 Å². The molecular formula is C31H31F3N2O8. The lowest BCUT2D eigenvalue weighted by Gasteiger charge is -2.37. The summed E-state index contributed by atoms with van der Waals surface area (Å²) >= 11 is 0. The molecule has 0 amide bonds. The Balaban J connectivity index is 0.000000583. The minimum atomic E-state index is -4.56. The smallest absolute Gasteiger partial charge is 0.416 e. The van der Waals surface area contributed by atoms with E-state index in [4.69, 9.17) is 10.2 Å². The van der Waals surface area contributed by atoms with Crippen molar-refractivity contribution in [3.8, 4) is 0 Å². The molecule has 2 aromatic rings. The maximum atomic E-state index is 13.1. The molecule has 0 fully saturated rings. The van der Waals surface area contributed by atoms with E-state index in [1.807, 2.05) is 12.1 Å². The SMILES string of the molecule is CC1=C(C(=O)O)C(c2ccc(C(F)(F)F)cc2)C(C(=O)O)=C(CCN2CCc3ccccc3C2)N1C.O=C(O)C=CC(=O)O. The normalized spacial score (nSPS) is 17.2. The van der Waals surface area contributed by atoms with Crippen molar-refractivity contribution in [2.24, 2.45) is 0 Å². The van der Waals surface area contributed by atoms with Crippen LogP contribution in [-0.4, -0.2) is 74.2 Å². The minimum Gasteiger partial charge on any atom is -0.478 e. The summed E-state index contributed by atoms with van der Waals surface area (Å²) in [6, 6.07) is 12.2. The Morgan fingerprint density at radius 1 is 0.864 bits per heavy atom. The molecule has 0 saturated heterocycles. The van der Waals surface area contributed by atoms with Gasteiger partial charge in [-0.3, -0.25) is 4.90 Å². The van der Waals surface area contributed by atoms with Crippen LogP contribution in [0.3, 0.4) is 0 Å². The number of carboxylic acid groups (broad SMARTS) is 4. The van der Waals surface area contributed by atoms with Gasteiger partial charge in [-0.2, -0.15) is 13.2 Å². The van der Waals surface area contributed by atoms with Crippen LogP contribution in [0.4, 0.5) is 13.2 Å². The first-order chi connectivity index (χ1) is 20.6. The number of rotatable bonds is 8. The number of carboxylic acids is 4. The summed E-state index contributed by atoms with van der Waals surface area (Å²) in [4.78, 5) is 47.7. The van der Waals surface area contributed by atoms with Crippen molar-refractivity contribution in [1.29, 1.82) is 0 Å². The van der Waals surface area contributed by atoms with Crippen LogP contribution in [0, 0.1) is 0 Å². The summed E-state index contributed by atoms with van der Waals surface area (Å²) in [5.41, 5.74) is 2.34. The number of alkyl halides is 3. The third kappa shape index (κ3) is 8.13. The van der Waals surface area contributed by atoms with Gasteiger partial charge in [0.2, 0.25) is 0 Å². The molecule has 234 valence electrons. The fraction of sp³-hybridized carbons (Fsp3) is 0.290. The molecule has 4 rings (SSSR count). The third-order valence-corrected chi connectivity index (χ3v) is 7.46. The van der Waals surface area contributed by atoms with Gasteiger partial charge in [0, 0.05) is 56.6 Å². The molecule has 1 atom stereocenters. The van der Waals surface area contributed by atoms with Gasteiger partial charge in [0.05, 0.1) is 22.6 Å². The van der Waals surface area contributed by atoms with Crippen LogP contribution in [0.2, 0.25) is 0 Å². The van der Waals surface area contributed by atoms with Gasteiger partial charge in [0.25, 0.3) is 0 Å². The first-order valence-corrected chi connectivity index (χ1v) is 13.4. The second-order valence-electron chi connectivity index (χ2n) is 10.1. The first-order valence-electron chi connectivity index (χ1n) is 13.4. The Labute approximate surface area is 250 Å². The zero-order valence-electron chi connectivity index (χ0n) is 23.8. The van der Waals surface area contributed by atoms with Crippen LogP contribution in [0.15, 0.2) is 83.2 Å². The van der Waals surface area contributed by atoms with Crippen molar-refractivity contribution < 1.29 is 52.8 Å². The average molecular weight is 617 g/mol. The summed E-state index contributed by atoms with van der Waals surface area (Å²) in [7, 11) is 1.63. The van der Waals surface area contributed by atoms with Gasteiger partial charge in [-0.1, -0.05) is 36.4 Å². The van der Waals surface area contributed by atoms with Gasteiger partial charge < -0.3 is 25.3 Å². The summed E-state index contributed by atoms with van der Waals surface area (Å²) in [6.07, 6.45) is -2.21. The van der Waals surface area contributed by atoms with Gasteiger partial charge in [0.1, 0.15) is 0 Å². The van der Waals surface area contributed by atoms with Crippen molar-refractivity contribution in [3.63, 3.8) is 0 Å². The minimum absolute atomic E-state index is 0.127. The molecular weight excluding hydrogens is 585 g/mol. The Hall–Kier alpha value is -4.91. The van der Waals surface area contributed by atoms with Crippen molar-refractivity contribution in [3.05, 3.63) is 105 Å². The topological polar surface area (TPSA) is 156 Å². The van der Waals surface area contributed by atoms with E-state index in [2.05, 4.69) is 17.0 Å². The summed E-state index contributed by atoms with van der Waals surface area (Å²) in [5.74, 6) is -6.32. The molecule has 2 aliphatic rings. The molecule has 4 N–H and O–H groups in total. The number of fused-ring (bicyclic) bond motifs is 1. The van der Waals surface area contributed by atoms with E-state index in [0.717, 1.165) is 43.8 Å². The highest BCUT2D eigenvalue weighted by Crippen LogP contribution is 2.43. The lowest BCUT2D eigenvalue weighted by atomic mass is 9.79. The van der Waals surface area contributed by atoms with Crippen molar-refractivity contribution in [2.45, 2.75) is 38.4 Å². The first kappa shape index (κ1) is 33.6. The van der Waals surface area contributed by atoms with E-state index in [1.54, 1.807) is 18.9 Å². The van der Waals surface area contributed by atoms with E-state index in [0.29, 0.717) is 36.5 Å².